The number of hydrogen-bond donors (Lipinski definition) is 1. The van der Waals surface area contributed by atoms with Crippen molar-refractivity contribution < 1.29 is 18.5 Å². The fourth-order valence-electron chi connectivity index (χ4n) is 4.14. The van der Waals surface area contributed by atoms with E-state index in [4.69, 9.17) is 0 Å². The highest BCUT2D eigenvalue weighted by Gasteiger charge is 2.23. The summed E-state index contributed by atoms with van der Waals surface area (Å²) < 4.78 is 29.6. The molecular formula is C22H18F2N6O3S. The van der Waals surface area contributed by atoms with E-state index >= 15 is 0 Å². The number of benzene rings is 1. The molecule has 1 N–H and O–H groups in total. The lowest BCUT2D eigenvalue weighted by atomic mass is 9.96. The van der Waals surface area contributed by atoms with Crippen LogP contribution < -0.4 is 5.32 Å². The average molecular weight is 484 g/mol. The zero-order chi connectivity index (χ0) is 23.8. The Bertz CT molecular complexity index is 1390. The zero-order valence-corrected chi connectivity index (χ0v) is 18.5. The molecule has 3 heterocycles. The SMILES string of the molecule is O=C(Nc1nc(-c2cc(F)cc(F)c2)nc2c1cnn2C1CCCCC1)c1ccc([N+](=O)[O-])s1. The molecule has 0 radical (unpaired) electrons. The number of anilines is 1. The van der Waals surface area contributed by atoms with Crippen molar-refractivity contribution in [3.8, 4) is 11.4 Å². The molecule has 3 aromatic heterocycles. The summed E-state index contributed by atoms with van der Waals surface area (Å²) in [6.07, 6.45) is 6.65. The Morgan fingerprint density at radius 1 is 1.12 bits per heavy atom. The van der Waals surface area contributed by atoms with Crippen LogP contribution in [0.1, 0.15) is 47.8 Å². The van der Waals surface area contributed by atoms with E-state index in [-0.39, 0.29) is 33.1 Å². The summed E-state index contributed by atoms with van der Waals surface area (Å²) in [5.74, 6) is -2.03. The molecular weight excluding hydrogens is 466 g/mol. The first kappa shape index (κ1) is 22.0. The Morgan fingerprint density at radius 2 is 1.85 bits per heavy atom. The van der Waals surface area contributed by atoms with E-state index in [0.717, 1.165) is 61.6 Å². The number of carbonyl (C=O) groups excluding carboxylic acids is 1. The van der Waals surface area contributed by atoms with Crippen molar-refractivity contribution in [1.82, 2.24) is 19.7 Å². The molecule has 5 rings (SSSR count). The highest BCUT2D eigenvalue weighted by Crippen LogP contribution is 2.33. The van der Waals surface area contributed by atoms with Gasteiger partial charge in [0, 0.05) is 17.7 Å². The van der Waals surface area contributed by atoms with Crippen LogP contribution >= 0.6 is 11.3 Å². The van der Waals surface area contributed by atoms with Crippen molar-refractivity contribution in [3.63, 3.8) is 0 Å². The number of carbonyl (C=O) groups is 1. The molecule has 12 heteroatoms. The number of nitrogens with zero attached hydrogens (tertiary/aromatic N) is 5. The summed E-state index contributed by atoms with van der Waals surface area (Å²) in [4.78, 5) is 32.3. The van der Waals surface area contributed by atoms with Gasteiger partial charge in [0.15, 0.2) is 11.5 Å². The molecule has 4 aromatic rings. The van der Waals surface area contributed by atoms with Gasteiger partial charge in [-0.3, -0.25) is 14.9 Å². The van der Waals surface area contributed by atoms with E-state index in [9.17, 15) is 23.7 Å². The maximum Gasteiger partial charge on any atom is 0.324 e. The Balaban J connectivity index is 1.60. The third-order valence-electron chi connectivity index (χ3n) is 5.72. The summed E-state index contributed by atoms with van der Waals surface area (Å²) >= 11 is 0.732. The topological polar surface area (TPSA) is 116 Å². The van der Waals surface area contributed by atoms with Crippen LogP contribution in [0.15, 0.2) is 36.5 Å². The minimum Gasteiger partial charge on any atom is -0.305 e. The third kappa shape index (κ3) is 4.23. The normalized spacial score (nSPS) is 14.4. The van der Waals surface area contributed by atoms with Crippen LogP contribution in [-0.4, -0.2) is 30.6 Å². The molecule has 1 aliphatic rings. The molecule has 0 unspecified atom stereocenters. The second-order valence-corrected chi connectivity index (χ2v) is 9.08. The molecule has 9 nitrogen and oxygen atoms in total. The van der Waals surface area contributed by atoms with Crippen LogP contribution in [0.2, 0.25) is 0 Å². The van der Waals surface area contributed by atoms with Gasteiger partial charge >= 0.3 is 5.00 Å². The van der Waals surface area contributed by atoms with Gasteiger partial charge < -0.3 is 5.32 Å². The molecule has 0 bridgehead atoms. The number of nitrogens with one attached hydrogen (secondary N) is 1. The van der Waals surface area contributed by atoms with Crippen molar-refractivity contribution in [2.24, 2.45) is 0 Å². The maximum absolute atomic E-state index is 13.9. The molecule has 174 valence electrons. The fraction of sp³-hybridized carbons (Fsp3) is 0.273. The van der Waals surface area contributed by atoms with Gasteiger partial charge in [-0.2, -0.15) is 5.10 Å². The first-order valence-electron chi connectivity index (χ1n) is 10.7. The number of thiophene rings is 1. The zero-order valence-electron chi connectivity index (χ0n) is 17.7. The molecule has 1 amide bonds. The average Bonchev–Trinajstić information content (AvgIpc) is 3.47. The summed E-state index contributed by atoms with van der Waals surface area (Å²) in [5.41, 5.74) is 0.548. The predicted octanol–water partition coefficient (Wildman–Crippen LogP) is 5.50. The number of hydrogen-bond acceptors (Lipinski definition) is 7. The number of halogens is 2. The summed E-state index contributed by atoms with van der Waals surface area (Å²) in [7, 11) is 0. The van der Waals surface area contributed by atoms with E-state index in [2.05, 4.69) is 20.4 Å². The molecule has 1 aliphatic carbocycles. The monoisotopic (exact) mass is 484 g/mol. The van der Waals surface area contributed by atoms with Gasteiger partial charge in [0.05, 0.1) is 27.4 Å². The number of amides is 1. The first-order chi connectivity index (χ1) is 16.4. The molecule has 34 heavy (non-hydrogen) atoms. The van der Waals surface area contributed by atoms with Crippen LogP contribution in [0.3, 0.4) is 0 Å². The van der Waals surface area contributed by atoms with E-state index in [1.807, 2.05) is 0 Å². The molecule has 0 aliphatic heterocycles. The molecule has 1 aromatic carbocycles. The quantitative estimate of drug-likeness (QED) is 0.295. The van der Waals surface area contributed by atoms with E-state index in [1.165, 1.54) is 12.1 Å². The predicted molar refractivity (Wildman–Crippen MR) is 122 cm³/mol. The second kappa shape index (κ2) is 8.86. The first-order valence-corrected chi connectivity index (χ1v) is 11.5. The highest BCUT2D eigenvalue weighted by molar-refractivity contribution is 7.17. The Morgan fingerprint density at radius 3 is 2.53 bits per heavy atom. The maximum atomic E-state index is 13.9. The van der Waals surface area contributed by atoms with Crippen LogP contribution in [-0.2, 0) is 0 Å². The number of aromatic nitrogens is 4. The molecule has 0 atom stereocenters. The van der Waals surface area contributed by atoms with Crippen molar-refractivity contribution in [1.29, 1.82) is 0 Å². The minimum absolute atomic E-state index is 0.0240. The fourth-order valence-corrected chi connectivity index (χ4v) is 4.86. The van der Waals surface area contributed by atoms with Gasteiger partial charge in [-0.05, 0) is 31.0 Å². The number of fused-ring (bicyclic) bond motifs is 1. The number of rotatable bonds is 5. The lowest BCUT2D eigenvalue weighted by molar-refractivity contribution is -0.380. The summed E-state index contributed by atoms with van der Waals surface area (Å²) in [6.45, 7) is 0. The Hall–Kier alpha value is -3.80. The van der Waals surface area contributed by atoms with Crippen LogP contribution in [0.25, 0.3) is 22.4 Å². The summed E-state index contributed by atoms with van der Waals surface area (Å²) in [6, 6.07) is 5.68. The van der Waals surface area contributed by atoms with Crippen molar-refractivity contribution in [2.45, 2.75) is 38.1 Å². The van der Waals surface area contributed by atoms with E-state index in [0.29, 0.717) is 11.0 Å². The van der Waals surface area contributed by atoms with Crippen LogP contribution in [0.5, 0.6) is 0 Å². The molecule has 1 saturated carbocycles. The van der Waals surface area contributed by atoms with Gasteiger partial charge in [0.2, 0.25) is 0 Å². The van der Waals surface area contributed by atoms with Crippen LogP contribution in [0, 0.1) is 21.7 Å². The van der Waals surface area contributed by atoms with Gasteiger partial charge in [-0.15, -0.1) is 0 Å². The standard InChI is InChI=1S/C22H18F2N6O3S/c23-13-8-12(9-14(24)10-13)19-26-20(28-22(31)17-6-7-18(34-17)30(32)33)16-11-25-29(21(16)27-19)15-4-2-1-3-5-15/h6-11,15H,1-5H2,(H,26,27,28,31). The van der Waals surface area contributed by atoms with Crippen molar-refractivity contribution in [2.75, 3.05) is 5.32 Å². The van der Waals surface area contributed by atoms with Crippen molar-refractivity contribution in [3.05, 3.63) is 63.2 Å². The van der Waals surface area contributed by atoms with Crippen molar-refractivity contribution >= 4 is 39.1 Å². The van der Waals surface area contributed by atoms with Crippen LogP contribution in [0.4, 0.5) is 19.6 Å². The lowest BCUT2D eigenvalue weighted by Crippen LogP contribution is -2.16. The van der Waals surface area contributed by atoms with Gasteiger partial charge in [-0.1, -0.05) is 30.6 Å². The van der Waals surface area contributed by atoms with E-state index in [1.54, 1.807) is 10.9 Å². The highest BCUT2D eigenvalue weighted by atomic mass is 32.1. The molecule has 1 fully saturated rings. The largest absolute Gasteiger partial charge is 0.324 e. The van der Waals surface area contributed by atoms with Gasteiger partial charge in [0.1, 0.15) is 17.5 Å². The van der Waals surface area contributed by atoms with E-state index < -0.39 is 22.5 Å². The molecule has 0 spiro atoms. The minimum atomic E-state index is -0.782. The smallest absolute Gasteiger partial charge is 0.305 e. The summed E-state index contributed by atoms with van der Waals surface area (Å²) in [5, 5.41) is 18.4. The lowest BCUT2D eigenvalue weighted by Gasteiger charge is -2.22. The Kier molecular flexibility index (Phi) is 5.74. The molecule has 0 saturated heterocycles. The second-order valence-electron chi connectivity index (χ2n) is 8.02. The Labute approximate surface area is 195 Å². The third-order valence-corrected chi connectivity index (χ3v) is 6.76. The van der Waals surface area contributed by atoms with Gasteiger partial charge in [-0.25, -0.2) is 23.4 Å². The number of nitro groups is 1. The van der Waals surface area contributed by atoms with Gasteiger partial charge in [0.25, 0.3) is 5.91 Å².